The van der Waals surface area contributed by atoms with Crippen LogP contribution in [0.1, 0.15) is 84.0 Å². The molecule has 9 heteroatoms. The number of halogens is 9. The Kier molecular flexibility index (Phi) is 8.09. The number of alkyl halides is 9. The van der Waals surface area contributed by atoms with Crippen LogP contribution in [0.3, 0.4) is 0 Å². The molecule has 0 unspecified atom stereocenters. The molecule has 0 amide bonds. The summed E-state index contributed by atoms with van der Waals surface area (Å²) in [6.07, 6.45) is 1.31. The molecule has 0 atom stereocenters. The van der Waals surface area contributed by atoms with Gasteiger partial charge in [-0.15, -0.1) is 0 Å². The van der Waals surface area contributed by atoms with Gasteiger partial charge in [0.15, 0.2) is 0 Å². The smallest absolute Gasteiger partial charge is 0.199 e. The minimum Gasteiger partial charge on any atom is -0.199 e. The first-order valence-corrected chi connectivity index (χ1v) is 11.0. The lowest BCUT2D eigenvalue weighted by Gasteiger charge is -2.42. The van der Waals surface area contributed by atoms with Crippen molar-refractivity contribution in [3.8, 4) is 0 Å². The molecule has 2 saturated carbocycles. The first-order valence-electron chi connectivity index (χ1n) is 11.0. The zero-order valence-corrected chi connectivity index (χ0v) is 17.2. The van der Waals surface area contributed by atoms with E-state index in [1.54, 1.807) is 0 Å². The second kappa shape index (κ2) is 9.47. The van der Waals surface area contributed by atoms with Crippen LogP contribution in [0.4, 0.5) is 39.5 Å². The molecule has 0 N–H and O–H groups in total. The average Bonchev–Trinajstić information content (AvgIpc) is 2.67. The first kappa shape index (κ1) is 25.6. The van der Waals surface area contributed by atoms with Crippen molar-refractivity contribution in [2.24, 2.45) is 23.7 Å². The summed E-state index contributed by atoms with van der Waals surface area (Å²) in [6.45, 7) is 2.14. The SMILES string of the molecule is CCCCC[C@H]1CC[C@H]([C@H]2CC[C@H](C(F)(F)C(F)(F)C(F)(F)C(F)(F)F)CC2)CC1. The third kappa shape index (κ3) is 5.05. The van der Waals surface area contributed by atoms with Crippen LogP contribution >= 0.6 is 0 Å². The van der Waals surface area contributed by atoms with E-state index in [1.807, 2.05) is 0 Å². The second-order valence-corrected chi connectivity index (χ2v) is 9.16. The van der Waals surface area contributed by atoms with Gasteiger partial charge in [0, 0.05) is 5.92 Å². The van der Waals surface area contributed by atoms with Crippen molar-refractivity contribution in [1.29, 1.82) is 0 Å². The molecule has 2 rings (SSSR count). The summed E-state index contributed by atoms with van der Waals surface area (Å²) in [5, 5.41) is 0. The predicted molar refractivity (Wildman–Crippen MR) is 95.9 cm³/mol. The molecule has 30 heavy (non-hydrogen) atoms. The van der Waals surface area contributed by atoms with Crippen LogP contribution < -0.4 is 0 Å². The molecule has 178 valence electrons. The van der Waals surface area contributed by atoms with Crippen LogP contribution in [0.5, 0.6) is 0 Å². The van der Waals surface area contributed by atoms with Gasteiger partial charge in [0.25, 0.3) is 0 Å². The second-order valence-electron chi connectivity index (χ2n) is 9.16. The molecule has 2 fully saturated rings. The maximum absolute atomic E-state index is 14.2. The highest BCUT2D eigenvalue weighted by Crippen LogP contribution is 2.58. The van der Waals surface area contributed by atoms with E-state index in [4.69, 9.17) is 0 Å². The van der Waals surface area contributed by atoms with Gasteiger partial charge in [-0.3, -0.25) is 0 Å². The van der Waals surface area contributed by atoms with Crippen molar-refractivity contribution in [3.63, 3.8) is 0 Å². The molecular weight excluding hydrogens is 423 g/mol. The van der Waals surface area contributed by atoms with E-state index in [0.29, 0.717) is 11.8 Å². The van der Waals surface area contributed by atoms with Crippen molar-refractivity contribution in [3.05, 3.63) is 0 Å². The largest absolute Gasteiger partial charge is 0.460 e. The molecule has 0 heterocycles. The Hall–Kier alpha value is -0.630. The van der Waals surface area contributed by atoms with E-state index in [1.165, 1.54) is 19.3 Å². The van der Waals surface area contributed by atoms with Gasteiger partial charge < -0.3 is 0 Å². The quantitative estimate of drug-likeness (QED) is 0.254. The molecule has 2 aliphatic rings. The highest BCUT2D eigenvalue weighted by molar-refractivity contribution is 5.03. The number of unbranched alkanes of at least 4 members (excludes halogenated alkanes) is 2. The van der Waals surface area contributed by atoms with Crippen LogP contribution in [0.15, 0.2) is 0 Å². The van der Waals surface area contributed by atoms with E-state index < -0.39 is 42.7 Å². The zero-order valence-electron chi connectivity index (χ0n) is 17.2. The number of hydrogen-bond acceptors (Lipinski definition) is 0. The van der Waals surface area contributed by atoms with Gasteiger partial charge in [-0.1, -0.05) is 45.4 Å². The lowest BCUT2D eigenvalue weighted by Crippen LogP contribution is -2.63. The maximum Gasteiger partial charge on any atom is 0.460 e. The summed E-state index contributed by atoms with van der Waals surface area (Å²) in [4.78, 5) is 0. The van der Waals surface area contributed by atoms with Gasteiger partial charge >= 0.3 is 23.9 Å². The minimum absolute atomic E-state index is 0.0467. The third-order valence-electron chi connectivity index (χ3n) is 7.23. The fraction of sp³-hybridized carbons (Fsp3) is 1.00. The summed E-state index contributed by atoms with van der Waals surface area (Å²) in [7, 11) is 0. The van der Waals surface area contributed by atoms with Crippen molar-refractivity contribution in [2.75, 3.05) is 0 Å². The van der Waals surface area contributed by atoms with E-state index in [0.717, 1.165) is 32.1 Å². The van der Waals surface area contributed by atoms with Gasteiger partial charge in [-0.2, -0.15) is 39.5 Å². The topological polar surface area (TPSA) is 0 Å². The van der Waals surface area contributed by atoms with Crippen molar-refractivity contribution in [2.45, 2.75) is 108 Å². The van der Waals surface area contributed by atoms with Gasteiger partial charge in [0.2, 0.25) is 0 Å². The fourth-order valence-corrected chi connectivity index (χ4v) is 5.23. The van der Waals surface area contributed by atoms with Crippen molar-refractivity contribution < 1.29 is 39.5 Å². The van der Waals surface area contributed by atoms with Crippen LogP contribution in [0, 0.1) is 23.7 Å². The molecule has 0 aliphatic heterocycles. The molecule has 0 aromatic heterocycles. The molecule has 2 aliphatic carbocycles. The van der Waals surface area contributed by atoms with Crippen LogP contribution in [-0.2, 0) is 0 Å². The summed E-state index contributed by atoms with van der Waals surface area (Å²) >= 11 is 0. The fourth-order valence-electron chi connectivity index (χ4n) is 5.23. The average molecular weight is 454 g/mol. The molecule has 0 aromatic carbocycles. The maximum atomic E-state index is 14.2. The Morgan fingerprint density at radius 3 is 1.50 bits per heavy atom. The molecule has 0 nitrogen and oxygen atoms in total. The zero-order chi connectivity index (χ0) is 22.8. The lowest BCUT2D eigenvalue weighted by molar-refractivity contribution is -0.404. The summed E-state index contributed by atoms with van der Waals surface area (Å²) < 4.78 is 119. The Morgan fingerprint density at radius 1 is 0.600 bits per heavy atom. The molecule has 0 spiro atoms. The standard InChI is InChI=1S/C21H31F9/c1-2-3-4-5-14-6-8-15(9-7-14)16-10-12-17(13-11-16)18(22,23)19(24,25)20(26,27)21(28,29)30/h14-17H,2-13H2,1H3/t14-,15-,16-,17-. The minimum atomic E-state index is -6.78. The number of rotatable bonds is 8. The molecule has 0 radical (unpaired) electrons. The monoisotopic (exact) mass is 454 g/mol. The Morgan fingerprint density at radius 2 is 1.07 bits per heavy atom. The predicted octanol–water partition coefficient (Wildman–Crippen LogP) is 8.65. The van der Waals surface area contributed by atoms with E-state index in [2.05, 4.69) is 6.92 Å². The van der Waals surface area contributed by atoms with E-state index >= 15 is 0 Å². The Bertz CT molecular complexity index is 525. The highest BCUT2D eigenvalue weighted by atomic mass is 19.4. The Labute approximate surface area is 172 Å². The van der Waals surface area contributed by atoms with Gasteiger partial charge in [0.1, 0.15) is 0 Å². The summed E-state index contributed by atoms with van der Waals surface area (Å²) in [5.41, 5.74) is 0. The van der Waals surface area contributed by atoms with Gasteiger partial charge in [-0.05, 0) is 56.3 Å². The summed E-state index contributed by atoms with van der Waals surface area (Å²) in [6, 6.07) is 0. The Balaban J connectivity index is 1.91. The first-order chi connectivity index (χ1) is 13.8. The summed E-state index contributed by atoms with van der Waals surface area (Å²) in [5.74, 6) is -19.9. The van der Waals surface area contributed by atoms with Crippen molar-refractivity contribution >= 4 is 0 Å². The highest BCUT2D eigenvalue weighted by Gasteiger charge is 2.82. The molecular formula is C21H31F9. The van der Waals surface area contributed by atoms with E-state index in [-0.39, 0.29) is 18.8 Å². The third-order valence-corrected chi connectivity index (χ3v) is 7.23. The van der Waals surface area contributed by atoms with Crippen LogP contribution in [0.2, 0.25) is 0 Å². The lowest BCUT2D eigenvalue weighted by atomic mass is 9.67. The molecule has 0 bridgehead atoms. The van der Waals surface area contributed by atoms with Gasteiger partial charge in [0.05, 0.1) is 0 Å². The normalized spacial score (nSPS) is 29.8. The van der Waals surface area contributed by atoms with E-state index in [9.17, 15) is 39.5 Å². The van der Waals surface area contributed by atoms with Crippen LogP contribution in [-0.4, -0.2) is 23.9 Å². The molecule has 0 saturated heterocycles. The number of hydrogen-bond donors (Lipinski definition) is 0. The molecule has 0 aromatic rings. The van der Waals surface area contributed by atoms with Crippen LogP contribution in [0.25, 0.3) is 0 Å². The van der Waals surface area contributed by atoms with Gasteiger partial charge in [-0.25, -0.2) is 0 Å². The van der Waals surface area contributed by atoms with Crippen molar-refractivity contribution in [1.82, 2.24) is 0 Å².